The molecule has 210 valence electrons. The van der Waals surface area contributed by atoms with Gasteiger partial charge in [0.15, 0.2) is 0 Å². The fourth-order valence-corrected chi connectivity index (χ4v) is 4.86. The highest BCUT2D eigenvalue weighted by atomic mass is 35.5. The molecule has 0 radical (unpaired) electrons. The molecular formula is C28H26ClF3N4O4. The van der Waals surface area contributed by atoms with Crippen molar-refractivity contribution in [1.29, 1.82) is 0 Å². The lowest BCUT2D eigenvalue weighted by Gasteiger charge is -2.40. The first-order valence-corrected chi connectivity index (χ1v) is 13.1. The van der Waals surface area contributed by atoms with Crippen LogP contribution in [0.5, 0.6) is 5.75 Å². The summed E-state index contributed by atoms with van der Waals surface area (Å²) in [7, 11) is 0. The van der Waals surface area contributed by atoms with Crippen molar-refractivity contribution in [3.63, 3.8) is 0 Å². The van der Waals surface area contributed by atoms with E-state index in [4.69, 9.17) is 21.3 Å². The molecule has 5 rings (SSSR count). The molecule has 40 heavy (non-hydrogen) atoms. The first-order valence-electron chi connectivity index (χ1n) is 12.7. The van der Waals surface area contributed by atoms with Crippen LogP contribution < -0.4 is 15.0 Å². The molecule has 0 spiro atoms. The largest absolute Gasteiger partial charge is 0.573 e. The first-order chi connectivity index (χ1) is 19.2. The molecule has 0 aliphatic carbocycles. The summed E-state index contributed by atoms with van der Waals surface area (Å²) in [6, 6.07) is 11.1. The maximum absolute atomic E-state index is 12.4. The van der Waals surface area contributed by atoms with E-state index in [-0.39, 0.29) is 16.7 Å². The van der Waals surface area contributed by atoms with Crippen molar-refractivity contribution in [2.45, 2.75) is 31.9 Å². The second-order valence-corrected chi connectivity index (χ2v) is 9.90. The number of fused-ring (bicyclic) bond motifs is 3. The van der Waals surface area contributed by atoms with Gasteiger partial charge in [0, 0.05) is 54.8 Å². The fraction of sp³-hybridized carbons (Fsp3) is 0.321. The minimum Gasteiger partial charge on any atom is -0.478 e. The molecule has 2 N–H and O–H groups in total. The number of nitrogens with one attached hydrogen (secondary N) is 1. The Morgan fingerprint density at radius 3 is 2.67 bits per heavy atom. The van der Waals surface area contributed by atoms with Crippen molar-refractivity contribution in [3.05, 3.63) is 71.0 Å². The van der Waals surface area contributed by atoms with Gasteiger partial charge in [0.25, 0.3) is 0 Å². The van der Waals surface area contributed by atoms with Gasteiger partial charge in [-0.25, -0.2) is 9.78 Å². The summed E-state index contributed by atoms with van der Waals surface area (Å²) < 4.78 is 47.0. The van der Waals surface area contributed by atoms with E-state index in [1.165, 1.54) is 12.1 Å². The lowest BCUT2D eigenvalue weighted by molar-refractivity contribution is -0.274. The van der Waals surface area contributed by atoms with Crippen LogP contribution in [0.2, 0.25) is 5.02 Å². The Kier molecular flexibility index (Phi) is 8.24. The number of carboxylic acid groups (broad SMARTS) is 1. The third-order valence-corrected chi connectivity index (χ3v) is 6.92. The Hall–Kier alpha value is -3.67. The highest BCUT2D eigenvalue weighted by Gasteiger charge is 2.32. The van der Waals surface area contributed by atoms with Gasteiger partial charge in [-0.1, -0.05) is 23.7 Å². The quantitative estimate of drug-likeness (QED) is 0.171. The minimum absolute atomic E-state index is 0.0762. The van der Waals surface area contributed by atoms with E-state index < -0.39 is 18.1 Å². The number of pyridine rings is 2. The molecule has 1 aliphatic heterocycles. The zero-order chi connectivity index (χ0) is 28.3. The second-order valence-electron chi connectivity index (χ2n) is 9.49. The van der Waals surface area contributed by atoms with Crippen molar-refractivity contribution >= 4 is 45.1 Å². The zero-order valence-corrected chi connectivity index (χ0v) is 22.0. The summed E-state index contributed by atoms with van der Waals surface area (Å²) in [6.07, 6.45) is 0.512. The highest BCUT2D eigenvalue weighted by Crippen LogP contribution is 2.34. The third-order valence-electron chi connectivity index (χ3n) is 6.62. The lowest BCUT2D eigenvalue weighted by Crippen LogP contribution is -2.52. The average Bonchev–Trinajstić information content (AvgIpc) is 2.89. The van der Waals surface area contributed by atoms with Crippen LogP contribution in [-0.2, 0) is 11.3 Å². The van der Waals surface area contributed by atoms with Crippen molar-refractivity contribution < 1.29 is 32.5 Å². The summed E-state index contributed by atoms with van der Waals surface area (Å²) in [5.41, 5.74) is 1.56. The summed E-state index contributed by atoms with van der Waals surface area (Å²) in [4.78, 5) is 22.6. The fourth-order valence-electron chi connectivity index (χ4n) is 4.62. The number of halogens is 4. The summed E-state index contributed by atoms with van der Waals surface area (Å²) in [5, 5.41) is 15.3. The number of benzene rings is 2. The van der Waals surface area contributed by atoms with Gasteiger partial charge >= 0.3 is 12.3 Å². The highest BCUT2D eigenvalue weighted by molar-refractivity contribution is 6.32. The van der Waals surface area contributed by atoms with Crippen molar-refractivity contribution in [2.75, 3.05) is 31.1 Å². The number of aromatic nitrogens is 2. The van der Waals surface area contributed by atoms with E-state index in [9.17, 15) is 23.1 Å². The zero-order valence-electron chi connectivity index (χ0n) is 21.2. The van der Waals surface area contributed by atoms with Crippen molar-refractivity contribution in [3.8, 4) is 5.75 Å². The molecular weight excluding hydrogens is 549 g/mol. The number of aromatic carboxylic acids is 1. The summed E-state index contributed by atoms with van der Waals surface area (Å²) >= 11 is 5.89. The molecule has 12 heteroatoms. The SMILES string of the molecule is O=C(O)c1ccc2c(c1)nc(N1CC(OCCCCNCc3ccc(OC(F)(F)F)c(Cl)c3)C1)c1ccncc12. The Morgan fingerprint density at radius 2 is 1.93 bits per heavy atom. The monoisotopic (exact) mass is 574 g/mol. The standard InChI is InChI=1S/C28H26ClF3N4O4/c29-23-11-17(3-6-25(23)40-28(30,31)32)13-33-8-1-2-10-39-19-15-36(16-19)26-21-7-9-34-14-22(21)20-5-4-18(27(37)38)12-24(20)35-26/h3-7,9,11-12,14,19,33H,1-2,8,10,13,15-16H2,(H,37,38). The first kappa shape index (κ1) is 27.9. The smallest absolute Gasteiger partial charge is 0.478 e. The average molecular weight is 575 g/mol. The van der Waals surface area contributed by atoms with Crippen molar-refractivity contribution in [1.82, 2.24) is 15.3 Å². The molecule has 0 bridgehead atoms. The minimum atomic E-state index is -4.78. The summed E-state index contributed by atoms with van der Waals surface area (Å²) in [5.74, 6) is -0.629. The predicted octanol–water partition coefficient (Wildman–Crippen LogP) is 5.81. The lowest BCUT2D eigenvalue weighted by atomic mass is 10.0. The predicted molar refractivity (Wildman–Crippen MR) is 145 cm³/mol. The molecule has 1 aliphatic rings. The van der Waals surface area contributed by atoms with Gasteiger partial charge in [-0.15, -0.1) is 13.2 Å². The Bertz CT molecular complexity index is 1530. The summed E-state index contributed by atoms with van der Waals surface area (Å²) in [6.45, 7) is 3.16. The van der Waals surface area contributed by atoms with Crippen LogP contribution in [-0.4, -0.2) is 59.8 Å². The van der Waals surface area contributed by atoms with Crippen LogP contribution in [0, 0.1) is 0 Å². The molecule has 0 atom stereocenters. The molecule has 0 saturated carbocycles. The van der Waals surface area contributed by atoms with Crippen molar-refractivity contribution in [2.24, 2.45) is 0 Å². The number of unbranched alkanes of at least 4 members (excludes halogenated alkanes) is 1. The van der Waals surface area contributed by atoms with Gasteiger partial charge in [0.2, 0.25) is 0 Å². The van der Waals surface area contributed by atoms with E-state index in [1.807, 2.05) is 6.07 Å². The van der Waals surface area contributed by atoms with Gasteiger partial charge in [-0.2, -0.15) is 0 Å². The molecule has 0 amide bonds. The molecule has 8 nitrogen and oxygen atoms in total. The van der Waals surface area contributed by atoms with Crippen LogP contribution >= 0.6 is 11.6 Å². The van der Waals surface area contributed by atoms with E-state index >= 15 is 0 Å². The van der Waals surface area contributed by atoms with Crippen LogP contribution in [0.25, 0.3) is 21.7 Å². The van der Waals surface area contributed by atoms with Crippen LogP contribution in [0.1, 0.15) is 28.8 Å². The number of carbonyl (C=O) groups is 1. The Labute approximate surface area is 232 Å². The number of alkyl halides is 3. The third kappa shape index (κ3) is 6.55. The Morgan fingerprint density at radius 1 is 1.10 bits per heavy atom. The molecule has 1 fully saturated rings. The van der Waals surface area contributed by atoms with E-state index in [0.717, 1.165) is 46.9 Å². The molecule has 2 aromatic heterocycles. The molecule has 1 saturated heterocycles. The van der Waals surface area contributed by atoms with Gasteiger partial charge in [-0.05, 0) is 55.3 Å². The van der Waals surface area contributed by atoms with Crippen LogP contribution in [0.15, 0.2) is 54.9 Å². The van der Waals surface area contributed by atoms with Crippen LogP contribution in [0.3, 0.4) is 0 Å². The number of ether oxygens (including phenoxy) is 2. The van der Waals surface area contributed by atoms with Gasteiger partial charge in [0.05, 0.1) is 22.2 Å². The maximum Gasteiger partial charge on any atom is 0.573 e. The number of hydrogen-bond donors (Lipinski definition) is 2. The Balaban J connectivity index is 1.06. The normalized spacial score (nSPS) is 14.1. The van der Waals surface area contributed by atoms with E-state index in [2.05, 4.69) is 19.9 Å². The van der Waals surface area contributed by atoms with Gasteiger partial charge in [-0.3, -0.25) is 4.98 Å². The molecule has 3 heterocycles. The molecule has 0 unspecified atom stereocenters. The number of hydrogen-bond acceptors (Lipinski definition) is 7. The van der Waals surface area contributed by atoms with Gasteiger partial charge < -0.3 is 24.8 Å². The number of carboxylic acids is 1. The number of nitrogens with zero attached hydrogens (tertiary/aromatic N) is 3. The van der Waals surface area contributed by atoms with Crippen LogP contribution in [0.4, 0.5) is 19.0 Å². The molecule has 4 aromatic rings. The number of rotatable bonds is 11. The molecule has 2 aromatic carbocycles. The van der Waals surface area contributed by atoms with Gasteiger partial charge in [0.1, 0.15) is 11.6 Å². The number of anilines is 1. The topological polar surface area (TPSA) is 96.8 Å². The second kappa shape index (κ2) is 11.8. The van der Waals surface area contributed by atoms with E-state index in [1.54, 1.807) is 36.7 Å². The maximum atomic E-state index is 12.4. The van der Waals surface area contributed by atoms with E-state index in [0.29, 0.717) is 31.8 Å².